The van der Waals surface area contributed by atoms with Crippen LogP contribution in [0.5, 0.6) is 11.5 Å². The molecule has 1 aromatic heterocycles. The Morgan fingerprint density at radius 2 is 2.07 bits per heavy atom. The molecule has 3 heterocycles. The fourth-order valence-electron chi connectivity index (χ4n) is 4.41. The van der Waals surface area contributed by atoms with Gasteiger partial charge in [0.2, 0.25) is 0 Å². The number of aromatic amines is 1. The molecule has 5 rings (SSSR count). The average Bonchev–Trinajstić information content (AvgIpc) is 3.37. The second kappa shape index (κ2) is 7.10. The van der Waals surface area contributed by atoms with E-state index in [4.69, 9.17) is 9.47 Å². The number of aryl methyl sites for hydroxylation is 2. The van der Waals surface area contributed by atoms with Gasteiger partial charge in [0.25, 0.3) is 5.91 Å². The second-order valence-corrected chi connectivity index (χ2v) is 7.92. The summed E-state index contributed by atoms with van der Waals surface area (Å²) in [7, 11) is 0. The van der Waals surface area contributed by atoms with Crippen molar-refractivity contribution in [2.75, 3.05) is 19.7 Å². The summed E-state index contributed by atoms with van der Waals surface area (Å²) in [6.07, 6.45) is 2.77. The van der Waals surface area contributed by atoms with Crippen LogP contribution < -0.4 is 9.47 Å². The molecule has 1 fully saturated rings. The van der Waals surface area contributed by atoms with Gasteiger partial charge in [-0.25, -0.2) is 4.98 Å². The molecule has 0 radical (unpaired) electrons. The Balaban J connectivity index is 1.56. The minimum absolute atomic E-state index is 0.0602. The van der Waals surface area contributed by atoms with Gasteiger partial charge in [0, 0.05) is 30.6 Å². The first-order valence-electron chi connectivity index (χ1n) is 10.3. The molecule has 1 unspecified atom stereocenters. The van der Waals surface area contributed by atoms with Crippen molar-refractivity contribution >= 4 is 16.9 Å². The average molecular weight is 391 g/mol. The molecule has 1 atom stereocenters. The molecule has 2 aromatic carbocycles. The number of nitrogens with zero attached hydrogens (tertiary/aromatic N) is 2. The molecule has 0 bridgehead atoms. The number of carbonyl (C=O) groups excluding carboxylic acids is 1. The number of likely N-dealkylation sites (tertiary alicyclic amines) is 1. The summed E-state index contributed by atoms with van der Waals surface area (Å²) in [4.78, 5) is 22.8. The van der Waals surface area contributed by atoms with Crippen LogP contribution >= 0.6 is 0 Å². The van der Waals surface area contributed by atoms with Crippen molar-refractivity contribution in [1.82, 2.24) is 14.9 Å². The molecular weight excluding hydrogens is 366 g/mol. The number of hydrogen-bond donors (Lipinski definition) is 1. The summed E-state index contributed by atoms with van der Waals surface area (Å²) >= 11 is 0. The summed E-state index contributed by atoms with van der Waals surface area (Å²) in [6.45, 7) is 6.24. The number of hydrogen-bond acceptors (Lipinski definition) is 4. The minimum Gasteiger partial charge on any atom is -0.493 e. The molecule has 2 aliphatic heterocycles. The molecule has 1 amide bonds. The highest BCUT2D eigenvalue weighted by Gasteiger charge is 2.27. The third kappa shape index (κ3) is 3.22. The highest BCUT2D eigenvalue weighted by atomic mass is 16.5. The van der Waals surface area contributed by atoms with Crippen LogP contribution in [0.1, 0.15) is 52.7 Å². The van der Waals surface area contributed by atoms with E-state index >= 15 is 0 Å². The van der Waals surface area contributed by atoms with E-state index in [1.807, 2.05) is 36.1 Å². The van der Waals surface area contributed by atoms with Crippen molar-refractivity contribution in [2.45, 2.75) is 39.2 Å². The molecule has 1 N–H and O–H groups in total. The van der Waals surface area contributed by atoms with Gasteiger partial charge in [-0.15, -0.1) is 0 Å². The van der Waals surface area contributed by atoms with Gasteiger partial charge in [-0.05, 0) is 50.5 Å². The zero-order valence-electron chi connectivity index (χ0n) is 16.8. The summed E-state index contributed by atoms with van der Waals surface area (Å²) in [5.74, 6) is 2.39. The van der Waals surface area contributed by atoms with Crippen LogP contribution in [-0.2, 0) is 0 Å². The van der Waals surface area contributed by atoms with E-state index < -0.39 is 0 Å². The Morgan fingerprint density at radius 3 is 2.90 bits per heavy atom. The van der Waals surface area contributed by atoms with Gasteiger partial charge in [-0.3, -0.25) is 4.79 Å². The Morgan fingerprint density at radius 1 is 1.24 bits per heavy atom. The van der Waals surface area contributed by atoms with E-state index in [-0.39, 0.29) is 12.0 Å². The lowest BCUT2D eigenvalue weighted by atomic mass is 9.98. The normalized spacial score (nSPS) is 18.6. The molecule has 6 heteroatoms. The van der Waals surface area contributed by atoms with E-state index in [9.17, 15) is 4.79 Å². The maximum Gasteiger partial charge on any atom is 0.254 e. The monoisotopic (exact) mass is 391 g/mol. The molecule has 6 nitrogen and oxygen atoms in total. The molecule has 2 aliphatic rings. The van der Waals surface area contributed by atoms with Crippen molar-refractivity contribution in [3.63, 3.8) is 0 Å². The zero-order chi connectivity index (χ0) is 20.0. The van der Waals surface area contributed by atoms with Crippen molar-refractivity contribution in [3.8, 4) is 11.5 Å². The zero-order valence-corrected chi connectivity index (χ0v) is 16.8. The van der Waals surface area contributed by atoms with Crippen molar-refractivity contribution in [2.24, 2.45) is 0 Å². The second-order valence-electron chi connectivity index (χ2n) is 7.92. The van der Waals surface area contributed by atoms with E-state index in [1.54, 1.807) is 0 Å². The lowest BCUT2D eigenvalue weighted by molar-refractivity contribution is 0.0791. The third-order valence-electron chi connectivity index (χ3n) is 5.82. The van der Waals surface area contributed by atoms with Gasteiger partial charge in [0.05, 0.1) is 12.1 Å². The predicted molar refractivity (Wildman–Crippen MR) is 111 cm³/mol. The fourth-order valence-corrected chi connectivity index (χ4v) is 4.41. The smallest absolute Gasteiger partial charge is 0.254 e. The number of ether oxygens (including phenoxy) is 2. The molecule has 0 aliphatic carbocycles. The first kappa shape index (κ1) is 18.0. The van der Waals surface area contributed by atoms with Crippen LogP contribution in [0.25, 0.3) is 11.0 Å². The number of fused-ring (bicyclic) bond motifs is 2. The molecular formula is C23H25N3O3. The Kier molecular flexibility index (Phi) is 4.42. The van der Waals surface area contributed by atoms with Crippen molar-refractivity contribution in [3.05, 3.63) is 52.8 Å². The Hall–Kier alpha value is -3.02. The summed E-state index contributed by atoms with van der Waals surface area (Å²) in [5, 5.41) is 0. The lowest BCUT2D eigenvalue weighted by Gasteiger charge is -2.28. The fraction of sp³-hybridized carbons (Fsp3) is 0.391. The number of imidazole rings is 1. The van der Waals surface area contributed by atoms with Gasteiger partial charge < -0.3 is 19.4 Å². The van der Waals surface area contributed by atoms with Gasteiger partial charge in [0.15, 0.2) is 0 Å². The topological polar surface area (TPSA) is 67.5 Å². The van der Waals surface area contributed by atoms with Crippen LogP contribution in [0.4, 0.5) is 0 Å². The van der Waals surface area contributed by atoms with E-state index in [0.717, 1.165) is 66.1 Å². The number of amides is 1. The van der Waals surface area contributed by atoms with Crippen LogP contribution in [-0.4, -0.2) is 40.5 Å². The van der Waals surface area contributed by atoms with Gasteiger partial charge in [-0.2, -0.15) is 0 Å². The molecule has 1 saturated heterocycles. The highest BCUT2D eigenvalue weighted by molar-refractivity contribution is 5.99. The van der Waals surface area contributed by atoms with Gasteiger partial charge >= 0.3 is 0 Å². The number of carbonyl (C=O) groups is 1. The first-order valence-corrected chi connectivity index (χ1v) is 10.3. The van der Waals surface area contributed by atoms with Crippen molar-refractivity contribution < 1.29 is 14.3 Å². The molecule has 0 saturated carbocycles. The molecule has 150 valence electrons. The number of aromatic nitrogens is 2. The maximum absolute atomic E-state index is 13.0. The molecule has 29 heavy (non-hydrogen) atoms. The molecule has 0 spiro atoms. The number of rotatable bonds is 3. The largest absolute Gasteiger partial charge is 0.493 e. The first-order chi connectivity index (χ1) is 14.1. The van der Waals surface area contributed by atoms with Crippen LogP contribution in [0.15, 0.2) is 30.3 Å². The summed E-state index contributed by atoms with van der Waals surface area (Å²) in [6, 6.07) is 9.81. The number of nitrogens with one attached hydrogen (secondary N) is 1. The predicted octanol–water partition coefficient (Wildman–Crippen LogP) is 4.32. The summed E-state index contributed by atoms with van der Waals surface area (Å²) < 4.78 is 12.3. The highest BCUT2D eigenvalue weighted by Crippen LogP contribution is 2.39. The van der Waals surface area contributed by atoms with Gasteiger partial charge in [0.1, 0.15) is 28.9 Å². The van der Waals surface area contributed by atoms with E-state index in [1.165, 1.54) is 0 Å². The Bertz CT molecular complexity index is 1080. The standard InChI is InChI=1S/C23H25N3O3/c1-14-6-5-7-18-21(14)19(8-11-28-18)29-20-13-16(23(27)26-9-3-4-10-26)12-17-22(20)25-15(2)24-17/h5-7,12-13,19H,3-4,8-11H2,1-2H3,(H,24,25). The minimum atomic E-state index is -0.128. The lowest BCUT2D eigenvalue weighted by Crippen LogP contribution is -2.27. The third-order valence-corrected chi connectivity index (χ3v) is 5.82. The van der Waals surface area contributed by atoms with Crippen LogP contribution in [0, 0.1) is 13.8 Å². The number of benzene rings is 2. The summed E-state index contributed by atoms with van der Waals surface area (Å²) in [5.41, 5.74) is 4.47. The van der Waals surface area contributed by atoms with Gasteiger partial charge in [-0.1, -0.05) is 12.1 Å². The van der Waals surface area contributed by atoms with E-state index in [2.05, 4.69) is 23.0 Å². The molecule has 3 aromatic rings. The SMILES string of the molecule is Cc1nc2c(OC3CCOc4cccc(C)c43)cc(C(=O)N3CCCC3)cc2[nH]1. The van der Waals surface area contributed by atoms with E-state index in [0.29, 0.717) is 17.9 Å². The maximum atomic E-state index is 13.0. The van der Waals surface area contributed by atoms with Crippen LogP contribution in [0.3, 0.4) is 0 Å². The Labute approximate surface area is 169 Å². The van der Waals surface area contributed by atoms with Crippen LogP contribution in [0.2, 0.25) is 0 Å². The number of H-pyrrole nitrogens is 1. The quantitative estimate of drug-likeness (QED) is 0.722. The van der Waals surface area contributed by atoms with Crippen molar-refractivity contribution in [1.29, 1.82) is 0 Å².